The Labute approximate surface area is 114 Å². The van der Waals surface area contributed by atoms with E-state index in [1.54, 1.807) is 0 Å². The first-order valence-electron chi connectivity index (χ1n) is 7.10. The molecule has 0 saturated heterocycles. The van der Waals surface area contributed by atoms with E-state index in [1.807, 2.05) is 51.1 Å². The molecule has 0 heterocycles. The zero-order chi connectivity index (χ0) is 14.2. The Morgan fingerprint density at radius 2 is 1.56 bits per heavy atom. The van der Waals surface area contributed by atoms with Gasteiger partial charge in [0.05, 0.1) is 6.61 Å². The highest BCUT2D eigenvalue weighted by atomic mass is 16.5. The van der Waals surface area contributed by atoms with E-state index in [-0.39, 0.29) is 0 Å². The van der Waals surface area contributed by atoms with Crippen LogP contribution >= 0.6 is 0 Å². The van der Waals surface area contributed by atoms with Crippen LogP contribution in [0, 0.1) is 0 Å². The molecule has 2 heteroatoms. The summed E-state index contributed by atoms with van der Waals surface area (Å²) in [5, 5.41) is 0. The first-order chi connectivity index (χ1) is 8.74. The summed E-state index contributed by atoms with van der Waals surface area (Å²) in [5.74, 6) is 0.944. The Hall–Kier alpha value is -1.02. The van der Waals surface area contributed by atoms with Crippen LogP contribution in [0.5, 0.6) is 5.75 Å². The topological polar surface area (TPSA) is 12.5 Å². The van der Waals surface area contributed by atoms with Crippen molar-refractivity contribution in [3.05, 3.63) is 30.3 Å². The maximum atomic E-state index is 5.21. The third-order valence-corrected chi connectivity index (χ3v) is 2.20. The molecule has 0 amide bonds. The van der Waals surface area contributed by atoms with Gasteiger partial charge in [-0.15, -0.1) is 0 Å². The minimum atomic E-state index is 0.740. The van der Waals surface area contributed by atoms with E-state index >= 15 is 0 Å². The van der Waals surface area contributed by atoms with Crippen LogP contribution in [-0.4, -0.2) is 31.6 Å². The van der Waals surface area contributed by atoms with Crippen molar-refractivity contribution in [1.29, 1.82) is 0 Å². The van der Waals surface area contributed by atoms with Gasteiger partial charge >= 0.3 is 0 Å². The fraction of sp³-hybridized carbons (Fsp3) is 0.625. The van der Waals surface area contributed by atoms with E-state index in [1.165, 1.54) is 19.5 Å². The summed E-state index contributed by atoms with van der Waals surface area (Å²) in [6, 6.07) is 9.80. The molecule has 0 spiro atoms. The molecular formula is C16H31NO. The van der Waals surface area contributed by atoms with Gasteiger partial charge in [0.1, 0.15) is 5.75 Å². The third kappa shape index (κ3) is 13.0. The van der Waals surface area contributed by atoms with E-state index in [2.05, 4.69) is 25.8 Å². The number of benzene rings is 1. The molecule has 1 aromatic rings. The highest BCUT2D eigenvalue weighted by Crippen LogP contribution is 2.06. The van der Waals surface area contributed by atoms with Gasteiger partial charge in [-0.2, -0.15) is 0 Å². The fourth-order valence-corrected chi connectivity index (χ4v) is 1.22. The summed E-state index contributed by atoms with van der Waals surface area (Å²) in [6.07, 6.45) is 1.27. The monoisotopic (exact) mass is 253 g/mol. The normalized spacial score (nSPS) is 8.83. The number of hydrogen-bond acceptors (Lipinski definition) is 2. The minimum Gasteiger partial charge on any atom is -0.494 e. The van der Waals surface area contributed by atoms with E-state index in [4.69, 9.17) is 4.74 Å². The van der Waals surface area contributed by atoms with E-state index < -0.39 is 0 Å². The lowest BCUT2D eigenvalue weighted by Crippen LogP contribution is -2.17. The molecule has 18 heavy (non-hydrogen) atoms. The molecule has 0 saturated carbocycles. The highest BCUT2D eigenvalue weighted by Gasteiger charge is 1.86. The van der Waals surface area contributed by atoms with Crippen LogP contribution in [0.15, 0.2) is 30.3 Å². The molecule has 0 aliphatic rings. The van der Waals surface area contributed by atoms with Gasteiger partial charge in [0.15, 0.2) is 0 Å². The lowest BCUT2D eigenvalue weighted by Gasteiger charge is -2.10. The summed E-state index contributed by atoms with van der Waals surface area (Å²) in [4.78, 5) is 2.31. The summed E-state index contributed by atoms with van der Waals surface area (Å²) < 4.78 is 5.21. The SMILES string of the molecule is CC.CCCN(C)CC.CCOc1ccccc1. The highest BCUT2D eigenvalue weighted by molar-refractivity contribution is 5.20. The summed E-state index contributed by atoms with van der Waals surface area (Å²) in [6.45, 7) is 13.5. The minimum absolute atomic E-state index is 0.740. The first-order valence-corrected chi connectivity index (χ1v) is 7.10. The third-order valence-electron chi connectivity index (χ3n) is 2.20. The first kappa shape index (κ1) is 19.3. The molecule has 0 N–H and O–H groups in total. The van der Waals surface area contributed by atoms with Crippen LogP contribution in [0.2, 0.25) is 0 Å². The van der Waals surface area contributed by atoms with Gasteiger partial charge in [-0.05, 0) is 45.6 Å². The molecule has 1 rings (SSSR count). The Kier molecular flexibility index (Phi) is 17.2. The van der Waals surface area contributed by atoms with Gasteiger partial charge in [-0.25, -0.2) is 0 Å². The fourth-order valence-electron chi connectivity index (χ4n) is 1.22. The second-order valence-corrected chi connectivity index (χ2v) is 3.64. The number of rotatable bonds is 5. The summed E-state index contributed by atoms with van der Waals surface area (Å²) in [5.41, 5.74) is 0. The standard InChI is InChI=1S/C8H10O.C6H15N.C2H6/c1-2-9-8-6-4-3-5-7-8;1-4-6-7(3)5-2;1-2/h3-7H,2H2,1H3;4-6H2,1-3H3;1-2H3. The van der Waals surface area contributed by atoms with Crippen molar-refractivity contribution in [3.63, 3.8) is 0 Å². The largest absolute Gasteiger partial charge is 0.494 e. The van der Waals surface area contributed by atoms with Gasteiger partial charge in [0.25, 0.3) is 0 Å². The van der Waals surface area contributed by atoms with Gasteiger partial charge in [-0.3, -0.25) is 0 Å². The van der Waals surface area contributed by atoms with Gasteiger partial charge in [-0.1, -0.05) is 45.9 Å². The quantitative estimate of drug-likeness (QED) is 0.768. The zero-order valence-electron chi connectivity index (χ0n) is 13.1. The van der Waals surface area contributed by atoms with Crippen molar-refractivity contribution in [2.75, 3.05) is 26.7 Å². The zero-order valence-corrected chi connectivity index (χ0v) is 13.1. The maximum absolute atomic E-state index is 5.21. The molecule has 0 aromatic heterocycles. The van der Waals surface area contributed by atoms with Crippen LogP contribution in [0.3, 0.4) is 0 Å². The van der Waals surface area contributed by atoms with Crippen LogP contribution in [-0.2, 0) is 0 Å². The molecule has 0 fully saturated rings. The molecule has 1 aromatic carbocycles. The smallest absolute Gasteiger partial charge is 0.119 e. The Balaban J connectivity index is 0. The molecule has 0 atom stereocenters. The molecule has 2 nitrogen and oxygen atoms in total. The van der Waals surface area contributed by atoms with Crippen molar-refractivity contribution < 1.29 is 4.74 Å². The molecule has 0 aliphatic carbocycles. The van der Waals surface area contributed by atoms with Crippen LogP contribution in [0.25, 0.3) is 0 Å². The predicted octanol–water partition coefficient (Wildman–Crippen LogP) is 4.46. The van der Waals surface area contributed by atoms with Gasteiger partial charge in [0, 0.05) is 0 Å². The molecule has 0 radical (unpaired) electrons. The number of nitrogens with zero attached hydrogens (tertiary/aromatic N) is 1. The van der Waals surface area contributed by atoms with Crippen molar-refractivity contribution in [2.24, 2.45) is 0 Å². The molecule has 106 valence electrons. The average molecular weight is 253 g/mol. The molecule has 0 aliphatic heterocycles. The summed E-state index contributed by atoms with van der Waals surface area (Å²) in [7, 11) is 2.14. The molecule has 0 unspecified atom stereocenters. The van der Waals surface area contributed by atoms with Crippen molar-refractivity contribution >= 4 is 0 Å². The maximum Gasteiger partial charge on any atom is 0.119 e. The lowest BCUT2D eigenvalue weighted by molar-refractivity contribution is 0.340. The Morgan fingerprint density at radius 1 is 1.00 bits per heavy atom. The molecular weight excluding hydrogens is 222 g/mol. The van der Waals surface area contributed by atoms with Gasteiger partial charge < -0.3 is 9.64 Å². The van der Waals surface area contributed by atoms with E-state index in [0.29, 0.717) is 0 Å². The number of ether oxygens (including phenoxy) is 1. The van der Waals surface area contributed by atoms with Crippen molar-refractivity contribution in [3.8, 4) is 5.75 Å². The second-order valence-electron chi connectivity index (χ2n) is 3.64. The Bertz CT molecular complexity index is 236. The Morgan fingerprint density at radius 3 is 1.89 bits per heavy atom. The average Bonchev–Trinajstić information content (AvgIpc) is 2.43. The molecule has 0 bridgehead atoms. The van der Waals surface area contributed by atoms with E-state index in [9.17, 15) is 0 Å². The van der Waals surface area contributed by atoms with Crippen LogP contribution in [0.4, 0.5) is 0 Å². The van der Waals surface area contributed by atoms with Crippen LogP contribution < -0.4 is 4.74 Å². The van der Waals surface area contributed by atoms with E-state index in [0.717, 1.165) is 12.4 Å². The lowest BCUT2D eigenvalue weighted by atomic mass is 10.3. The van der Waals surface area contributed by atoms with Gasteiger partial charge in [0.2, 0.25) is 0 Å². The second kappa shape index (κ2) is 16.0. The number of hydrogen-bond donors (Lipinski definition) is 0. The number of para-hydroxylation sites is 1. The predicted molar refractivity (Wildman–Crippen MR) is 82.4 cm³/mol. The van der Waals surface area contributed by atoms with Crippen molar-refractivity contribution in [2.45, 2.75) is 41.0 Å². The van der Waals surface area contributed by atoms with Crippen LogP contribution in [0.1, 0.15) is 41.0 Å². The van der Waals surface area contributed by atoms with Crippen molar-refractivity contribution in [1.82, 2.24) is 4.90 Å². The summed E-state index contributed by atoms with van der Waals surface area (Å²) >= 11 is 0.